The van der Waals surface area contributed by atoms with Crippen LogP contribution in [0.1, 0.15) is 11.1 Å². The summed E-state index contributed by atoms with van der Waals surface area (Å²) < 4.78 is 0. The minimum atomic E-state index is 0.911. The molecular weight excluding hydrogens is 196 g/mol. The Bertz CT molecular complexity index is 451. The molecule has 2 heteroatoms. The Morgan fingerprint density at radius 1 is 0.688 bits per heavy atom. The normalized spacial score (nSPS) is 9.75. The van der Waals surface area contributed by atoms with Crippen molar-refractivity contribution in [3.8, 4) is 0 Å². The van der Waals surface area contributed by atoms with Crippen LogP contribution in [0.2, 0.25) is 0 Å². The van der Waals surface area contributed by atoms with Crippen molar-refractivity contribution in [3.63, 3.8) is 0 Å². The van der Waals surface area contributed by atoms with E-state index in [1.165, 1.54) is 0 Å². The molecule has 2 heterocycles. The summed E-state index contributed by atoms with van der Waals surface area (Å²) in [5.74, 6) is 0. The third kappa shape index (κ3) is 2.06. The summed E-state index contributed by atoms with van der Waals surface area (Å²) in [6, 6.07) is 7.70. The standard InChI is InChI=1S/C14H12N2/c1-11(13-3-7-15-8-4-13)12(2)14-5-9-16-10-6-14/h3-10H,1-2H2. The molecule has 0 saturated heterocycles. The Balaban J connectivity index is 2.28. The van der Waals surface area contributed by atoms with Gasteiger partial charge in [-0.15, -0.1) is 0 Å². The van der Waals surface area contributed by atoms with E-state index < -0.39 is 0 Å². The molecule has 0 amide bonds. The average molecular weight is 208 g/mol. The number of allylic oxidation sites excluding steroid dienone is 2. The van der Waals surface area contributed by atoms with Gasteiger partial charge in [0.05, 0.1) is 0 Å². The molecule has 0 atom stereocenters. The predicted molar refractivity (Wildman–Crippen MR) is 66.5 cm³/mol. The van der Waals surface area contributed by atoms with Crippen molar-refractivity contribution in [1.82, 2.24) is 9.97 Å². The smallest absolute Gasteiger partial charge is 0.0273 e. The minimum absolute atomic E-state index is 0.911. The molecule has 2 aromatic rings. The summed E-state index contributed by atoms with van der Waals surface area (Å²) in [7, 11) is 0. The van der Waals surface area contributed by atoms with Crippen LogP contribution in [0.3, 0.4) is 0 Å². The molecule has 2 rings (SSSR count). The van der Waals surface area contributed by atoms with Gasteiger partial charge >= 0.3 is 0 Å². The maximum atomic E-state index is 4.05. The van der Waals surface area contributed by atoms with Crippen molar-refractivity contribution in [1.29, 1.82) is 0 Å². The number of aromatic nitrogens is 2. The third-order valence-electron chi connectivity index (χ3n) is 2.42. The molecule has 78 valence electrons. The zero-order chi connectivity index (χ0) is 11.4. The SMILES string of the molecule is C=C(C(=C)c1ccncc1)c1ccncc1. The Hall–Kier alpha value is -2.22. The molecule has 0 spiro atoms. The highest BCUT2D eigenvalue weighted by Crippen LogP contribution is 2.26. The number of hydrogen-bond acceptors (Lipinski definition) is 2. The zero-order valence-electron chi connectivity index (χ0n) is 8.93. The van der Waals surface area contributed by atoms with Gasteiger partial charge in [0.1, 0.15) is 0 Å². The second kappa shape index (κ2) is 4.53. The van der Waals surface area contributed by atoms with E-state index in [0.29, 0.717) is 0 Å². The number of nitrogens with zero attached hydrogens (tertiary/aromatic N) is 2. The molecule has 16 heavy (non-hydrogen) atoms. The molecular formula is C14H12N2. The number of pyridine rings is 2. The number of rotatable bonds is 3. The van der Waals surface area contributed by atoms with Crippen LogP contribution in [0.15, 0.2) is 62.2 Å². The summed E-state index contributed by atoms with van der Waals surface area (Å²) in [5.41, 5.74) is 3.90. The molecule has 0 aliphatic carbocycles. The van der Waals surface area contributed by atoms with Crippen molar-refractivity contribution in [2.45, 2.75) is 0 Å². The second-order valence-corrected chi connectivity index (χ2v) is 3.43. The Kier molecular flexibility index (Phi) is 2.92. The predicted octanol–water partition coefficient (Wildman–Crippen LogP) is 3.20. The maximum Gasteiger partial charge on any atom is 0.0273 e. The van der Waals surface area contributed by atoms with E-state index in [4.69, 9.17) is 0 Å². The minimum Gasteiger partial charge on any atom is -0.265 e. The summed E-state index contributed by atoms with van der Waals surface area (Å²) in [5, 5.41) is 0. The molecule has 0 unspecified atom stereocenters. The monoisotopic (exact) mass is 208 g/mol. The van der Waals surface area contributed by atoms with Gasteiger partial charge in [-0.05, 0) is 46.5 Å². The van der Waals surface area contributed by atoms with E-state index in [2.05, 4.69) is 23.1 Å². The van der Waals surface area contributed by atoms with Gasteiger partial charge in [0.15, 0.2) is 0 Å². The Morgan fingerprint density at radius 2 is 1.00 bits per heavy atom. The van der Waals surface area contributed by atoms with Crippen LogP contribution in [0, 0.1) is 0 Å². The van der Waals surface area contributed by atoms with E-state index in [0.717, 1.165) is 22.3 Å². The van der Waals surface area contributed by atoms with Crippen LogP contribution in [-0.2, 0) is 0 Å². The van der Waals surface area contributed by atoms with Gasteiger partial charge in [-0.1, -0.05) is 13.2 Å². The van der Waals surface area contributed by atoms with E-state index in [-0.39, 0.29) is 0 Å². The van der Waals surface area contributed by atoms with Crippen LogP contribution >= 0.6 is 0 Å². The zero-order valence-corrected chi connectivity index (χ0v) is 8.93. The molecule has 0 saturated carbocycles. The molecule has 0 radical (unpaired) electrons. The lowest BCUT2D eigenvalue weighted by molar-refractivity contribution is 1.31. The number of hydrogen-bond donors (Lipinski definition) is 0. The molecule has 2 nitrogen and oxygen atoms in total. The van der Waals surface area contributed by atoms with Crippen LogP contribution in [0.25, 0.3) is 11.1 Å². The van der Waals surface area contributed by atoms with Crippen molar-refractivity contribution in [3.05, 3.63) is 73.3 Å². The first-order valence-corrected chi connectivity index (χ1v) is 4.98. The van der Waals surface area contributed by atoms with Crippen LogP contribution in [0.4, 0.5) is 0 Å². The fourth-order valence-electron chi connectivity index (χ4n) is 1.45. The van der Waals surface area contributed by atoms with Crippen LogP contribution < -0.4 is 0 Å². The fourth-order valence-corrected chi connectivity index (χ4v) is 1.45. The topological polar surface area (TPSA) is 25.8 Å². The average Bonchev–Trinajstić information content (AvgIpc) is 2.39. The van der Waals surface area contributed by atoms with Crippen molar-refractivity contribution >= 4 is 11.1 Å². The van der Waals surface area contributed by atoms with Crippen LogP contribution in [-0.4, -0.2) is 9.97 Å². The lowest BCUT2D eigenvalue weighted by atomic mass is 9.96. The Labute approximate surface area is 95.0 Å². The van der Waals surface area contributed by atoms with Gasteiger partial charge in [-0.25, -0.2) is 0 Å². The van der Waals surface area contributed by atoms with Gasteiger partial charge in [0.25, 0.3) is 0 Å². The molecule has 0 aliphatic rings. The second-order valence-electron chi connectivity index (χ2n) is 3.43. The van der Waals surface area contributed by atoms with Gasteiger partial charge < -0.3 is 0 Å². The summed E-state index contributed by atoms with van der Waals surface area (Å²) in [6.45, 7) is 8.11. The largest absolute Gasteiger partial charge is 0.265 e. The van der Waals surface area contributed by atoms with Gasteiger partial charge in [-0.3, -0.25) is 9.97 Å². The highest BCUT2D eigenvalue weighted by atomic mass is 14.6. The molecule has 0 fully saturated rings. The molecule has 2 aromatic heterocycles. The molecule has 0 aliphatic heterocycles. The quantitative estimate of drug-likeness (QED) is 0.724. The fraction of sp³-hybridized carbons (Fsp3) is 0. The maximum absolute atomic E-state index is 4.05. The summed E-state index contributed by atoms with van der Waals surface area (Å²) >= 11 is 0. The van der Waals surface area contributed by atoms with E-state index in [9.17, 15) is 0 Å². The lowest BCUT2D eigenvalue weighted by Gasteiger charge is -2.09. The van der Waals surface area contributed by atoms with Crippen molar-refractivity contribution in [2.75, 3.05) is 0 Å². The first kappa shape index (κ1) is 10.3. The van der Waals surface area contributed by atoms with Crippen LogP contribution in [0.5, 0.6) is 0 Å². The highest BCUT2D eigenvalue weighted by Gasteiger charge is 2.04. The van der Waals surface area contributed by atoms with E-state index in [1.54, 1.807) is 24.8 Å². The molecule has 0 N–H and O–H groups in total. The molecule has 0 aromatic carbocycles. The lowest BCUT2D eigenvalue weighted by Crippen LogP contribution is -1.88. The first-order valence-electron chi connectivity index (χ1n) is 4.98. The first-order chi connectivity index (χ1) is 7.79. The van der Waals surface area contributed by atoms with Crippen molar-refractivity contribution < 1.29 is 0 Å². The van der Waals surface area contributed by atoms with Gasteiger partial charge in [-0.2, -0.15) is 0 Å². The summed E-state index contributed by atoms with van der Waals surface area (Å²) in [4.78, 5) is 7.96. The Morgan fingerprint density at radius 3 is 1.31 bits per heavy atom. The third-order valence-corrected chi connectivity index (χ3v) is 2.42. The van der Waals surface area contributed by atoms with Crippen molar-refractivity contribution in [2.24, 2.45) is 0 Å². The van der Waals surface area contributed by atoms with E-state index in [1.807, 2.05) is 24.3 Å². The highest BCUT2D eigenvalue weighted by molar-refractivity contribution is 6.02. The molecule has 0 bridgehead atoms. The van der Waals surface area contributed by atoms with Gasteiger partial charge in [0.2, 0.25) is 0 Å². The summed E-state index contributed by atoms with van der Waals surface area (Å²) in [6.07, 6.45) is 7.00. The van der Waals surface area contributed by atoms with E-state index >= 15 is 0 Å². The van der Waals surface area contributed by atoms with Gasteiger partial charge in [0, 0.05) is 24.8 Å².